The van der Waals surface area contributed by atoms with E-state index in [1.165, 1.54) is 4.90 Å². The van der Waals surface area contributed by atoms with Crippen molar-refractivity contribution in [1.29, 1.82) is 0 Å². The Morgan fingerprint density at radius 3 is 2.39 bits per heavy atom. The molecule has 2 N–H and O–H groups in total. The topological polar surface area (TPSA) is 95.9 Å². The summed E-state index contributed by atoms with van der Waals surface area (Å²) >= 11 is 0. The molecule has 1 aliphatic heterocycles. The number of fused-ring (bicyclic) bond motifs is 1. The number of ether oxygens (including phenoxy) is 1. The first-order valence-corrected chi connectivity index (χ1v) is 9.63. The highest BCUT2D eigenvalue weighted by Crippen LogP contribution is 2.26. The zero-order valence-electron chi connectivity index (χ0n) is 17.2. The Labute approximate surface area is 166 Å². The molecule has 0 fully saturated rings. The van der Waals surface area contributed by atoms with E-state index >= 15 is 0 Å². The third-order valence-electron chi connectivity index (χ3n) is 4.96. The number of carbonyl (C=O) groups is 3. The van der Waals surface area contributed by atoms with E-state index in [9.17, 15) is 19.5 Å². The van der Waals surface area contributed by atoms with Crippen LogP contribution in [-0.2, 0) is 27.3 Å². The summed E-state index contributed by atoms with van der Waals surface area (Å²) in [7, 11) is 0. The van der Waals surface area contributed by atoms with Crippen molar-refractivity contribution in [3.8, 4) is 0 Å². The fourth-order valence-corrected chi connectivity index (χ4v) is 3.20. The van der Waals surface area contributed by atoms with Crippen molar-refractivity contribution in [2.75, 3.05) is 0 Å². The van der Waals surface area contributed by atoms with Gasteiger partial charge in [0.1, 0.15) is 17.7 Å². The van der Waals surface area contributed by atoms with Crippen LogP contribution in [0.5, 0.6) is 0 Å². The number of amides is 2. The number of carboxylic acid groups (broad SMARTS) is 1. The standard InChI is InChI=1S/C21H30N2O5/c1-6-13(2)17(19(25)26)22-18(24)16-11-14-9-7-8-10-15(14)12-23(16)20(27)28-21(3,4)5/h7-10,13,16-17H,6,11-12H2,1-5H3,(H,22,24)(H,25,26)/t13?,16-,17-/m0/s1. The van der Waals surface area contributed by atoms with Crippen molar-refractivity contribution in [2.24, 2.45) is 5.92 Å². The minimum Gasteiger partial charge on any atom is -0.480 e. The first-order chi connectivity index (χ1) is 13.0. The molecular formula is C21H30N2O5. The second-order valence-corrected chi connectivity index (χ2v) is 8.31. The van der Waals surface area contributed by atoms with Crippen LogP contribution in [0, 0.1) is 5.92 Å². The fourth-order valence-electron chi connectivity index (χ4n) is 3.20. The summed E-state index contributed by atoms with van der Waals surface area (Å²) in [6.45, 7) is 9.19. The average Bonchev–Trinajstić information content (AvgIpc) is 2.62. The fraction of sp³-hybridized carbons (Fsp3) is 0.571. The molecule has 1 unspecified atom stereocenters. The van der Waals surface area contributed by atoms with Gasteiger partial charge in [-0.1, -0.05) is 44.5 Å². The lowest BCUT2D eigenvalue weighted by atomic mass is 9.93. The Morgan fingerprint density at radius 2 is 1.86 bits per heavy atom. The molecule has 0 spiro atoms. The lowest BCUT2D eigenvalue weighted by molar-refractivity contribution is -0.144. The molecule has 28 heavy (non-hydrogen) atoms. The number of aliphatic carboxylic acids is 1. The molecule has 154 valence electrons. The summed E-state index contributed by atoms with van der Waals surface area (Å²) in [5, 5.41) is 12.1. The van der Waals surface area contributed by atoms with Crippen molar-refractivity contribution in [1.82, 2.24) is 10.2 Å². The zero-order chi connectivity index (χ0) is 21.1. The largest absolute Gasteiger partial charge is 0.480 e. The van der Waals surface area contributed by atoms with E-state index in [2.05, 4.69) is 5.32 Å². The average molecular weight is 390 g/mol. The van der Waals surface area contributed by atoms with E-state index in [1.807, 2.05) is 31.2 Å². The number of carboxylic acids is 1. The van der Waals surface area contributed by atoms with Gasteiger partial charge < -0.3 is 15.2 Å². The lowest BCUT2D eigenvalue weighted by Gasteiger charge is -2.37. The Morgan fingerprint density at radius 1 is 1.25 bits per heavy atom. The minimum atomic E-state index is -1.08. The molecule has 0 radical (unpaired) electrons. The Kier molecular flexibility index (Phi) is 6.69. The van der Waals surface area contributed by atoms with Crippen molar-refractivity contribution < 1.29 is 24.2 Å². The maximum atomic E-state index is 13.0. The second kappa shape index (κ2) is 8.63. The predicted molar refractivity (Wildman–Crippen MR) is 105 cm³/mol. The van der Waals surface area contributed by atoms with Gasteiger partial charge in [0.05, 0.1) is 6.54 Å². The van der Waals surface area contributed by atoms with Gasteiger partial charge in [-0.25, -0.2) is 9.59 Å². The number of carbonyl (C=O) groups excluding carboxylic acids is 2. The molecule has 1 aromatic rings. The van der Waals surface area contributed by atoms with Gasteiger partial charge in [-0.05, 0) is 37.8 Å². The van der Waals surface area contributed by atoms with Crippen LogP contribution in [0.3, 0.4) is 0 Å². The van der Waals surface area contributed by atoms with Crippen molar-refractivity contribution in [2.45, 2.75) is 71.7 Å². The van der Waals surface area contributed by atoms with Crippen molar-refractivity contribution in [3.63, 3.8) is 0 Å². The van der Waals surface area contributed by atoms with Gasteiger partial charge in [0, 0.05) is 6.42 Å². The summed E-state index contributed by atoms with van der Waals surface area (Å²) in [6.07, 6.45) is 0.340. The first kappa shape index (κ1) is 21.7. The van der Waals surface area contributed by atoms with Crippen LogP contribution < -0.4 is 5.32 Å². The van der Waals surface area contributed by atoms with Crippen LogP contribution in [0.15, 0.2) is 24.3 Å². The van der Waals surface area contributed by atoms with Gasteiger partial charge in [-0.15, -0.1) is 0 Å². The van der Waals surface area contributed by atoms with Crippen LogP contribution in [0.1, 0.15) is 52.2 Å². The molecule has 3 atom stereocenters. The summed E-state index contributed by atoms with van der Waals surface area (Å²) in [6, 6.07) is 5.78. The highest BCUT2D eigenvalue weighted by Gasteiger charge is 2.38. The SMILES string of the molecule is CCC(C)[C@H](NC(=O)[C@@H]1Cc2ccccc2CN1C(=O)OC(C)(C)C)C(=O)O. The molecule has 0 bridgehead atoms. The van der Waals surface area contributed by atoms with Gasteiger partial charge in [0.15, 0.2) is 0 Å². The van der Waals surface area contributed by atoms with Gasteiger partial charge in [-0.2, -0.15) is 0 Å². The van der Waals surface area contributed by atoms with Crippen LogP contribution in [-0.4, -0.2) is 45.7 Å². The van der Waals surface area contributed by atoms with Crippen LogP contribution in [0.25, 0.3) is 0 Å². The highest BCUT2D eigenvalue weighted by atomic mass is 16.6. The van der Waals surface area contributed by atoms with E-state index in [0.717, 1.165) is 11.1 Å². The minimum absolute atomic E-state index is 0.229. The third-order valence-corrected chi connectivity index (χ3v) is 4.96. The quantitative estimate of drug-likeness (QED) is 0.806. The summed E-state index contributed by atoms with van der Waals surface area (Å²) in [4.78, 5) is 38.7. The molecule has 0 aliphatic carbocycles. The summed E-state index contributed by atoms with van der Waals surface area (Å²) < 4.78 is 5.48. The first-order valence-electron chi connectivity index (χ1n) is 9.63. The molecule has 1 aromatic carbocycles. The number of nitrogens with one attached hydrogen (secondary N) is 1. The molecule has 2 amide bonds. The number of hydrogen-bond donors (Lipinski definition) is 2. The number of rotatable bonds is 5. The molecular weight excluding hydrogens is 360 g/mol. The summed E-state index contributed by atoms with van der Waals surface area (Å²) in [5.74, 6) is -1.79. The lowest BCUT2D eigenvalue weighted by Crippen LogP contribution is -2.57. The van der Waals surface area contributed by atoms with Crippen LogP contribution >= 0.6 is 0 Å². The number of hydrogen-bond acceptors (Lipinski definition) is 4. The van der Waals surface area contributed by atoms with Crippen LogP contribution in [0.2, 0.25) is 0 Å². The molecule has 0 saturated heterocycles. The monoisotopic (exact) mass is 390 g/mol. The second-order valence-electron chi connectivity index (χ2n) is 8.31. The number of benzene rings is 1. The Hall–Kier alpha value is -2.57. The molecule has 1 heterocycles. The van der Waals surface area contributed by atoms with E-state index in [0.29, 0.717) is 12.8 Å². The molecule has 0 saturated carbocycles. The molecule has 0 aromatic heterocycles. The molecule has 1 aliphatic rings. The maximum absolute atomic E-state index is 13.0. The number of nitrogens with zero attached hydrogens (tertiary/aromatic N) is 1. The smallest absolute Gasteiger partial charge is 0.411 e. The van der Waals surface area contributed by atoms with E-state index in [1.54, 1.807) is 27.7 Å². The van der Waals surface area contributed by atoms with Gasteiger partial charge in [0.2, 0.25) is 5.91 Å². The third kappa shape index (κ3) is 5.24. The Bertz CT molecular complexity index is 741. The zero-order valence-corrected chi connectivity index (χ0v) is 17.2. The molecule has 2 rings (SSSR count). The Balaban J connectivity index is 2.29. The van der Waals surface area contributed by atoms with Crippen molar-refractivity contribution >= 4 is 18.0 Å². The normalized spacial score (nSPS) is 18.6. The van der Waals surface area contributed by atoms with E-state index in [4.69, 9.17) is 4.74 Å². The molecule has 7 nitrogen and oxygen atoms in total. The van der Waals surface area contributed by atoms with Gasteiger partial charge >= 0.3 is 12.1 Å². The van der Waals surface area contributed by atoms with Crippen LogP contribution in [0.4, 0.5) is 4.79 Å². The summed E-state index contributed by atoms with van der Waals surface area (Å²) in [5.41, 5.74) is 1.22. The predicted octanol–water partition coefficient (Wildman–Crippen LogP) is 2.96. The van der Waals surface area contributed by atoms with Gasteiger partial charge in [-0.3, -0.25) is 9.69 Å². The maximum Gasteiger partial charge on any atom is 0.411 e. The van der Waals surface area contributed by atoms with E-state index < -0.39 is 35.7 Å². The highest BCUT2D eigenvalue weighted by molar-refractivity contribution is 5.90. The molecule has 7 heteroatoms. The van der Waals surface area contributed by atoms with E-state index in [-0.39, 0.29) is 12.5 Å². The van der Waals surface area contributed by atoms with Gasteiger partial charge in [0.25, 0.3) is 0 Å². The van der Waals surface area contributed by atoms with Crippen molar-refractivity contribution in [3.05, 3.63) is 35.4 Å².